The summed E-state index contributed by atoms with van der Waals surface area (Å²) in [5.74, 6) is 0.781. The number of piperidine rings is 1. The van der Waals surface area contributed by atoms with Crippen LogP contribution >= 0.6 is 0 Å². The van der Waals surface area contributed by atoms with Crippen LogP contribution in [0.15, 0.2) is 0 Å². The van der Waals surface area contributed by atoms with Gasteiger partial charge in [-0.15, -0.1) is 0 Å². The van der Waals surface area contributed by atoms with Crippen molar-refractivity contribution < 1.29 is 4.74 Å². The van der Waals surface area contributed by atoms with Gasteiger partial charge in [-0.1, -0.05) is 0 Å². The standard InChI is InChI=1S/C10H21NO/c1-8(2)12-7-10-4-5-11-9(3)6-10/h8-11H,4-7H2,1-3H3. The first kappa shape index (κ1) is 10.0. The quantitative estimate of drug-likeness (QED) is 0.699. The van der Waals surface area contributed by atoms with Gasteiger partial charge in [-0.2, -0.15) is 0 Å². The van der Waals surface area contributed by atoms with Gasteiger partial charge in [0.1, 0.15) is 0 Å². The van der Waals surface area contributed by atoms with Gasteiger partial charge in [-0.05, 0) is 46.1 Å². The Labute approximate surface area is 75.7 Å². The van der Waals surface area contributed by atoms with Crippen LogP contribution in [-0.2, 0) is 4.74 Å². The van der Waals surface area contributed by atoms with E-state index in [4.69, 9.17) is 4.74 Å². The molecular weight excluding hydrogens is 150 g/mol. The third kappa shape index (κ3) is 3.55. The molecule has 0 amide bonds. The van der Waals surface area contributed by atoms with Crippen molar-refractivity contribution in [3.8, 4) is 0 Å². The Hall–Kier alpha value is -0.0800. The number of hydrogen-bond donors (Lipinski definition) is 1. The first-order valence-corrected chi connectivity index (χ1v) is 5.03. The van der Waals surface area contributed by atoms with Crippen molar-refractivity contribution in [3.05, 3.63) is 0 Å². The molecule has 1 rings (SSSR count). The molecule has 1 aliphatic heterocycles. The average Bonchev–Trinajstić information content (AvgIpc) is 2.01. The fraction of sp³-hybridized carbons (Fsp3) is 1.00. The molecule has 1 aliphatic rings. The number of ether oxygens (including phenoxy) is 1. The normalized spacial score (nSPS) is 31.0. The molecule has 0 saturated carbocycles. The Bertz CT molecular complexity index is 125. The molecule has 0 aliphatic carbocycles. The van der Waals surface area contributed by atoms with Gasteiger partial charge in [0.15, 0.2) is 0 Å². The van der Waals surface area contributed by atoms with E-state index in [1.165, 1.54) is 12.8 Å². The minimum absolute atomic E-state index is 0.384. The van der Waals surface area contributed by atoms with Crippen LogP contribution in [0.1, 0.15) is 33.6 Å². The van der Waals surface area contributed by atoms with Gasteiger partial charge in [0.25, 0.3) is 0 Å². The zero-order chi connectivity index (χ0) is 8.97. The predicted molar refractivity (Wildman–Crippen MR) is 51.3 cm³/mol. The molecule has 0 bridgehead atoms. The highest BCUT2D eigenvalue weighted by Crippen LogP contribution is 2.16. The lowest BCUT2D eigenvalue weighted by Gasteiger charge is -2.28. The van der Waals surface area contributed by atoms with Crippen molar-refractivity contribution in [2.24, 2.45) is 5.92 Å². The Morgan fingerprint density at radius 1 is 1.50 bits per heavy atom. The fourth-order valence-electron chi connectivity index (χ4n) is 1.71. The van der Waals surface area contributed by atoms with Crippen molar-refractivity contribution in [1.29, 1.82) is 0 Å². The van der Waals surface area contributed by atoms with E-state index in [-0.39, 0.29) is 0 Å². The molecule has 1 fully saturated rings. The molecule has 2 heteroatoms. The molecule has 0 aromatic carbocycles. The van der Waals surface area contributed by atoms with Crippen LogP contribution in [0.3, 0.4) is 0 Å². The molecule has 0 aromatic heterocycles. The Morgan fingerprint density at radius 2 is 2.25 bits per heavy atom. The van der Waals surface area contributed by atoms with E-state index < -0.39 is 0 Å². The molecule has 72 valence electrons. The number of nitrogens with one attached hydrogen (secondary N) is 1. The molecule has 1 heterocycles. The van der Waals surface area contributed by atoms with Crippen LogP contribution < -0.4 is 5.32 Å². The summed E-state index contributed by atoms with van der Waals surface area (Å²) in [4.78, 5) is 0. The summed E-state index contributed by atoms with van der Waals surface area (Å²) in [6.45, 7) is 8.56. The van der Waals surface area contributed by atoms with E-state index in [0.29, 0.717) is 12.1 Å². The molecule has 1 saturated heterocycles. The molecule has 2 atom stereocenters. The molecular formula is C10H21NO. The maximum absolute atomic E-state index is 5.60. The zero-order valence-corrected chi connectivity index (χ0v) is 8.47. The highest BCUT2D eigenvalue weighted by Gasteiger charge is 2.18. The maximum atomic E-state index is 5.60. The smallest absolute Gasteiger partial charge is 0.0519 e. The van der Waals surface area contributed by atoms with E-state index in [9.17, 15) is 0 Å². The maximum Gasteiger partial charge on any atom is 0.0519 e. The molecule has 0 spiro atoms. The predicted octanol–water partition coefficient (Wildman–Crippen LogP) is 1.80. The number of hydrogen-bond acceptors (Lipinski definition) is 2. The summed E-state index contributed by atoms with van der Waals surface area (Å²) in [5.41, 5.74) is 0. The van der Waals surface area contributed by atoms with Crippen LogP contribution in [0.5, 0.6) is 0 Å². The average molecular weight is 171 g/mol. The van der Waals surface area contributed by atoms with Crippen molar-refractivity contribution >= 4 is 0 Å². The lowest BCUT2D eigenvalue weighted by molar-refractivity contribution is 0.0393. The topological polar surface area (TPSA) is 21.3 Å². The third-order valence-corrected chi connectivity index (χ3v) is 2.40. The van der Waals surface area contributed by atoms with Crippen LogP contribution in [0.2, 0.25) is 0 Å². The van der Waals surface area contributed by atoms with Gasteiger partial charge in [-0.25, -0.2) is 0 Å². The zero-order valence-electron chi connectivity index (χ0n) is 8.47. The molecule has 0 aromatic rings. The SMILES string of the molecule is CC1CC(COC(C)C)CCN1. The lowest BCUT2D eigenvalue weighted by Crippen LogP contribution is -2.37. The van der Waals surface area contributed by atoms with Crippen LogP contribution in [-0.4, -0.2) is 25.3 Å². The second kappa shape index (κ2) is 4.83. The summed E-state index contributed by atoms with van der Waals surface area (Å²) in [6.07, 6.45) is 2.93. The monoisotopic (exact) mass is 171 g/mol. The summed E-state index contributed by atoms with van der Waals surface area (Å²) >= 11 is 0. The first-order valence-electron chi connectivity index (χ1n) is 5.03. The second-order valence-electron chi connectivity index (χ2n) is 4.13. The lowest BCUT2D eigenvalue weighted by atomic mass is 9.94. The Morgan fingerprint density at radius 3 is 2.83 bits per heavy atom. The van der Waals surface area contributed by atoms with Crippen molar-refractivity contribution in [1.82, 2.24) is 5.32 Å². The molecule has 2 unspecified atom stereocenters. The molecule has 1 N–H and O–H groups in total. The fourth-order valence-corrected chi connectivity index (χ4v) is 1.71. The Kier molecular flexibility index (Phi) is 4.02. The third-order valence-electron chi connectivity index (χ3n) is 2.40. The van der Waals surface area contributed by atoms with Crippen molar-refractivity contribution in [2.75, 3.05) is 13.2 Å². The van der Waals surface area contributed by atoms with Gasteiger partial charge in [0, 0.05) is 12.6 Å². The molecule has 2 nitrogen and oxygen atoms in total. The van der Waals surface area contributed by atoms with Gasteiger partial charge < -0.3 is 10.1 Å². The molecule has 0 radical (unpaired) electrons. The van der Waals surface area contributed by atoms with E-state index >= 15 is 0 Å². The summed E-state index contributed by atoms with van der Waals surface area (Å²) in [5, 5.41) is 3.44. The highest BCUT2D eigenvalue weighted by atomic mass is 16.5. The van der Waals surface area contributed by atoms with Crippen molar-refractivity contribution in [2.45, 2.75) is 45.8 Å². The largest absolute Gasteiger partial charge is 0.379 e. The van der Waals surface area contributed by atoms with Gasteiger partial charge >= 0.3 is 0 Å². The minimum Gasteiger partial charge on any atom is -0.379 e. The first-order chi connectivity index (χ1) is 5.68. The van der Waals surface area contributed by atoms with Crippen molar-refractivity contribution in [3.63, 3.8) is 0 Å². The van der Waals surface area contributed by atoms with Crippen LogP contribution in [0, 0.1) is 5.92 Å². The summed E-state index contributed by atoms with van der Waals surface area (Å²) in [6, 6.07) is 0.680. The molecule has 12 heavy (non-hydrogen) atoms. The summed E-state index contributed by atoms with van der Waals surface area (Å²) in [7, 11) is 0. The van der Waals surface area contributed by atoms with E-state index in [1.54, 1.807) is 0 Å². The van der Waals surface area contributed by atoms with Gasteiger partial charge in [-0.3, -0.25) is 0 Å². The van der Waals surface area contributed by atoms with Gasteiger partial charge in [0.2, 0.25) is 0 Å². The van der Waals surface area contributed by atoms with Crippen LogP contribution in [0.25, 0.3) is 0 Å². The Balaban J connectivity index is 2.14. The van der Waals surface area contributed by atoms with Crippen LogP contribution in [0.4, 0.5) is 0 Å². The van der Waals surface area contributed by atoms with E-state index in [1.807, 2.05) is 0 Å². The summed E-state index contributed by atoms with van der Waals surface area (Å²) < 4.78 is 5.60. The number of rotatable bonds is 3. The second-order valence-corrected chi connectivity index (χ2v) is 4.13. The minimum atomic E-state index is 0.384. The van der Waals surface area contributed by atoms with E-state index in [2.05, 4.69) is 26.1 Å². The highest BCUT2D eigenvalue weighted by molar-refractivity contribution is 4.74. The van der Waals surface area contributed by atoms with E-state index in [0.717, 1.165) is 19.1 Å². The van der Waals surface area contributed by atoms with Gasteiger partial charge in [0.05, 0.1) is 6.10 Å².